The molecule has 0 N–H and O–H groups in total. The highest BCUT2D eigenvalue weighted by atomic mass is 19.1. The molecule has 178 valence electrons. The van der Waals surface area contributed by atoms with Crippen molar-refractivity contribution in [3.05, 3.63) is 72.7 Å². The van der Waals surface area contributed by atoms with Gasteiger partial charge in [0.15, 0.2) is 11.5 Å². The third-order valence-corrected chi connectivity index (χ3v) is 7.06. The van der Waals surface area contributed by atoms with Crippen molar-refractivity contribution in [1.29, 1.82) is 0 Å². The Kier molecular flexibility index (Phi) is 5.36. The number of carbonyl (C=O) groups excluding carboxylic acids is 1. The largest absolute Gasteiger partial charge is 0.494 e. The van der Waals surface area contributed by atoms with Gasteiger partial charge in [-0.3, -0.25) is 14.2 Å². The monoisotopic (exact) mass is 472 g/mol. The van der Waals surface area contributed by atoms with Crippen molar-refractivity contribution in [3.8, 4) is 28.5 Å². The summed E-state index contributed by atoms with van der Waals surface area (Å²) in [6.45, 7) is 0.712. The fourth-order valence-electron chi connectivity index (χ4n) is 5.27. The summed E-state index contributed by atoms with van der Waals surface area (Å²) >= 11 is 0. The lowest BCUT2D eigenvalue weighted by Crippen LogP contribution is -2.41. The molecule has 4 aromatic rings. The van der Waals surface area contributed by atoms with E-state index >= 15 is 0 Å². The normalized spacial score (nSPS) is 19.7. The van der Waals surface area contributed by atoms with Crippen LogP contribution in [0.1, 0.15) is 37.4 Å². The molecule has 2 unspecified atom stereocenters. The van der Waals surface area contributed by atoms with E-state index in [1.807, 2.05) is 29.4 Å². The number of hydrogen-bond acceptors (Lipinski definition) is 5. The van der Waals surface area contributed by atoms with E-state index in [9.17, 15) is 9.18 Å². The molecule has 2 aliphatic rings. The van der Waals surface area contributed by atoms with Crippen molar-refractivity contribution in [3.63, 3.8) is 0 Å². The molecule has 4 heterocycles. The minimum Gasteiger partial charge on any atom is -0.494 e. The van der Waals surface area contributed by atoms with Crippen molar-refractivity contribution in [2.45, 2.75) is 37.6 Å². The number of methoxy groups -OCH3 is 1. The van der Waals surface area contributed by atoms with Gasteiger partial charge in [-0.05, 0) is 55.7 Å². The molecule has 0 radical (unpaired) electrons. The van der Waals surface area contributed by atoms with E-state index in [-0.39, 0.29) is 23.3 Å². The predicted octanol–water partition coefficient (Wildman–Crippen LogP) is 5.20. The number of fused-ring (bicyclic) bond motifs is 2. The number of imidazole rings is 1. The topological polar surface area (TPSA) is 69.0 Å². The lowest BCUT2D eigenvalue weighted by molar-refractivity contribution is -0.130. The van der Waals surface area contributed by atoms with E-state index in [0.29, 0.717) is 24.8 Å². The standard InChI is InChI=1S/C27H25FN4O3/c1-34-22-3-2-4-23(25(22)28)35-20-10-6-17(7-11-20)26-21-15-29-13-14-31(21)27(30-26)18-5-8-19-9-12-24(33)32(19)16-18/h2-4,6-7,10-11,13-15,18-19H,5,8-9,12,16H2,1H3. The van der Waals surface area contributed by atoms with Crippen LogP contribution in [0.25, 0.3) is 16.8 Å². The summed E-state index contributed by atoms with van der Waals surface area (Å²) < 4.78 is 27.3. The minimum absolute atomic E-state index is 0.100. The number of piperidine rings is 1. The fraction of sp³-hybridized carbons (Fsp3) is 0.296. The van der Waals surface area contributed by atoms with Crippen molar-refractivity contribution < 1.29 is 18.7 Å². The number of benzene rings is 2. The molecule has 2 atom stereocenters. The summed E-state index contributed by atoms with van der Waals surface area (Å²) in [5.41, 5.74) is 2.64. The van der Waals surface area contributed by atoms with Crippen molar-refractivity contribution in [2.24, 2.45) is 0 Å². The Morgan fingerprint density at radius 1 is 1.06 bits per heavy atom. The van der Waals surface area contributed by atoms with Crippen LogP contribution in [-0.4, -0.2) is 44.9 Å². The van der Waals surface area contributed by atoms with Crippen molar-refractivity contribution in [1.82, 2.24) is 19.3 Å². The number of rotatable bonds is 5. The van der Waals surface area contributed by atoms with Gasteiger partial charge in [-0.25, -0.2) is 4.98 Å². The van der Waals surface area contributed by atoms with Crippen LogP contribution in [0.4, 0.5) is 4.39 Å². The Labute approximate surface area is 202 Å². The van der Waals surface area contributed by atoms with Gasteiger partial charge in [-0.1, -0.05) is 6.07 Å². The van der Waals surface area contributed by atoms with Gasteiger partial charge in [-0.15, -0.1) is 0 Å². The summed E-state index contributed by atoms with van der Waals surface area (Å²) in [5.74, 6) is 1.58. The maximum atomic E-state index is 14.5. The fourth-order valence-corrected chi connectivity index (χ4v) is 5.27. The van der Waals surface area contributed by atoms with E-state index in [2.05, 4.69) is 9.38 Å². The molecule has 8 heteroatoms. The number of hydrogen-bond donors (Lipinski definition) is 0. The van der Waals surface area contributed by atoms with Crippen LogP contribution in [0.3, 0.4) is 0 Å². The molecule has 0 saturated carbocycles. The number of nitrogens with zero attached hydrogens (tertiary/aromatic N) is 4. The maximum absolute atomic E-state index is 14.5. The quantitative estimate of drug-likeness (QED) is 0.399. The summed E-state index contributed by atoms with van der Waals surface area (Å²) in [6, 6.07) is 12.6. The highest BCUT2D eigenvalue weighted by Gasteiger charge is 2.38. The molecule has 35 heavy (non-hydrogen) atoms. The van der Waals surface area contributed by atoms with Crippen LogP contribution >= 0.6 is 0 Å². The predicted molar refractivity (Wildman–Crippen MR) is 128 cm³/mol. The van der Waals surface area contributed by atoms with Crippen LogP contribution in [0, 0.1) is 5.82 Å². The zero-order valence-corrected chi connectivity index (χ0v) is 19.4. The zero-order chi connectivity index (χ0) is 23.9. The van der Waals surface area contributed by atoms with E-state index in [0.717, 1.165) is 41.9 Å². The van der Waals surface area contributed by atoms with Gasteiger partial charge < -0.3 is 14.4 Å². The number of carbonyl (C=O) groups is 1. The van der Waals surface area contributed by atoms with E-state index in [1.165, 1.54) is 7.11 Å². The van der Waals surface area contributed by atoms with Crippen LogP contribution in [-0.2, 0) is 4.79 Å². The number of ether oxygens (including phenoxy) is 2. The van der Waals surface area contributed by atoms with Gasteiger partial charge >= 0.3 is 0 Å². The first-order valence-electron chi connectivity index (χ1n) is 11.8. The van der Waals surface area contributed by atoms with Gasteiger partial charge in [0, 0.05) is 42.9 Å². The molecular weight excluding hydrogens is 447 g/mol. The van der Waals surface area contributed by atoms with Crippen LogP contribution in [0.15, 0.2) is 61.1 Å². The first-order chi connectivity index (χ1) is 17.1. The van der Waals surface area contributed by atoms with Gasteiger partial charge in [0.1, 0.15) is 11.6 Å². The molecule has 2 aromatic carbocycles. The van der Waals surface area contributed by atoms with Crippen molar-refractivity contribution >= 4 is 11.4 Å². The second-order valence-corrected chi connectivity index (χ2v) is 9.06. The summed E-state index contributed by atoms with van der Waals surface area (Å²) in [6.07, 6.45) is 9.15. The summed E-state index contributed by atoms with van der Waals surface area (Å²) in [4.78, 5) is 23.7. The first kappa shape index (κ1) is 21.6. The summed E-state index contributed by atoms with van der Waals surface area (Å²) in [5, 5.41) is 0. The highest BCUT2D eigenvalue weighted by Crippen LogP contribution is 2.37. The average Bonchev–Trinajstić information content (AvgIpc) is 3.46. The third-order valence-electron chi connectivity index (χ3n) is 7.06. The van der Waals surface area contributed by atoms with Gasteiger partial charge in [0.2, 0.25) is 11.7 Å². The molecule has 7 nitrogen and oxygen atoms in total. The van der Waals surface area contributed by atoms with Crippen LogP contribution in [0.2, 0.25) is 0 Å². The molecule has 0 bridgehead atoms. The number of halogens is 1. The Morgan fingerprint density at radius 2 is 1.89 bits per heavy atom. The average molecular weight is 473 g/mol. The van der Waals surface area contributed by atoms with E-state index in [4.69, 9.17) is 14.5 Å². The first-order valence-corrected chi connectivity index (χ1v) is 11.8. The molecular formula is C27H25FN4O3. The summed E-state index contributed by atoms with van der Waals surface area (Å²) in [7, 11) is 1.42. The molecule has 6 rings (SSSR count). The highest BCUT2D eigenvalue weighted by molar-refractivity contribution is 5.79. The SMILES string of the molecule is COc1cccc(Oc2ccc(-c3nc(C4CCC5CCC(=O)N5C4)n4ccncc34)cc2)c1F. The molecule has 2 aliphatic heterocycles. The molecule has 2 aromatic heterocycles. The van der Waals surface area contributed by atoms with Gasteiger partial charge in [0.25, 0.3) is 0 Å². The Morgan fingerprint density at radius 3 is 2.71 bits per heavy atom. The smallest absolute Gasteiger partial charge is 0.222 e. The van der Waals surface area contributed by atoms with Gasteiger partial charge in [0.05, 0.1) is 24.5 Å². The third kappa shape index (κ3) is 3.79. The van der Waals surface area contributed by atoms with E-state index in [1.54, 1.807) is 36.5 Å². The molecule has 0 aliphatic carbocycles. The Balaban J connectivity index is 1.30. The van der Waals surface area contributed by atoms with Crippen molar-refractivity contribution in [2.75, 3.05) is 13.7 Å². The Bertz CT molecular complexity index is 1400. The van der Waals surface area contributed by atoms with Gasteiger partial charge in [-0.2, -0.15) is 4.39 Å². The van der Waals surface area contributed by atoms with Crippen LogP contribution in [0.5, 0.6) is 17.2 Å². The number of amides is 1. The number of aromatic nitrogens is 3. The maximum Gasteiger partial charge on any atom is 0.222 e. The lowest BCUT2D eigenvalue weighted by Gasteiger charge is -2.34. The lowest BCUT2D eigenvalue weighted by atomic mass is 9.92. The molecule has 2 saturated heterocycles. The minimum atomic E-state index is -0.541. The Hall–Kier alpha value is -3.94. The van der Waals surface area contributed by atoms with Crippen LogP contribution < -0.4 is 9.47 Å². The zero-order valence-electron chi connectivity index (χ0n) is 19.4. The molecule has 1 amide bonds. The molecule has 2 fully saturated rings. The second kappa shape index (κ2) is 8.69. The molecule has 0 spiro atoms. The van der Waals surface area contributed by atoms with E-state index < -0.39 is 5.82 Å². The second-order valence-electron chi connectivity index (χ2n) is 9.06.